The Labute approximate surface area is 191 Å². The Bertz CT molecular complexity index is 947. The lowest BCUT2D eigenvalue weighted by Crippen LogP contribution is -2.43. The number of amides is 1. The molecule has 0 radical (unpaired) electrons. The van der Waals surface area contributed by atoms with Gasteiger partial charge in [0.05, 0.1) is 12.5 Å². The first-order chi connectivity index (χ1) is 15.2. The lowest BCUT2D eigenvalue weighted by molar-refractivity contribution is -0.148. The van der Waals surface area contributed by atoms with Crippen molar-refractivity contribution in [2.24, 2.45) is 5.41 Å². The summed E-state index contributed by atoms with van der Waals surface area (Å²) in [5.74, 6) is 4.73. The highest BCUT2D eigenvalue weighted by molar-refractivity contribution is 5.91. The normalized spacial score (nSPS) is 18.5. The molecular weight excluding hydrogens is 400 g/mol. The van der Waals surface area contributed by atoms with Gasteiger partial charge in [0.2, 0.25) is 5.91 Å². The summed E-state index contributed by atoms with van der Waals surface area (Å²) in [6.45, 7) is 7.09. The molecule has 2 aromatic carbocycles. The lowest BCUT2D eigenvalue weighted by atomic mass is 9.90. The van der Waals surface area contributed by atoms with Crippen LogP contribution in [0.4, 0.5) is 0 Å². The fraction of sp³-hybridized carbons (Fsp3) is 0.407. The summed E-state index contributed by atoms with van der Waals surface area (Å²) in [5, 5.41) is 9.90. The highest BCUT2D eigenvalue weighted by Crippen LogP contribution is 2.31. The summed E-state index contributed by atoms with van der Waals surface area (Å²) in [5.41, 5.74) is 1.64. The quantitative estimate of drug-likeness (QED) is 0.705. The van der Waals surface area contributed by atoms with Crippen molar-refractivity contribution < 1.29 is 14.7 Å². The van der Waals surface area contributed by atoms with Crippen molar-refractivity contribution in [2.75, 3.05) is 20.1 Å². The van der Waals surface area contributed by atoms with Gasteiger partial charge in [-0.25, -0.2) is 4.79 Å². The molecule has 0 spiro atoms. The van der Waals surface area contributed by atoms with E-state index < -0.39 is 17.9 Å². The molecule has 0 unspecified atom stereocenters. The Hall–Kier alpha value is -3.10. The molecule has 168 valence electrons. The number of hydrogen-bond acceptors (Lipinski definition) is 3. The number of carboxylic acids is 1. The first kappa shape index (κ1) is 23.6. The van der Waals surface area contributed by atoms with Gasteiger partial charge >= 0.3 is 5.97 Å². The Morgan fingerprint density at radius 1 is 1.06 bits per heavy atom. The Balaban J connectivity index is 1.86. The second-order valence-electron chi connectivity index (χ2n) is 9.46. The standard InChI is InChI=1S/C27H32N2O3/c1-27(2,3)16-11-17-28(4)22-18-23(26(31)32)29(19-22)25(30)24(20-12-7-5-8-13-20)21-14-9-6-10-15-21/h5-10,12-15,22-24H,17-19H2,1-4H3,(H,31,32)/t22-,23-/m0/s1. The van der Waals surface area contributed by atoms with Crippen LogP contribution in [0.25, 0.3) is 0 Å². The molecule has 0 aromatic heterocycles. The molecule has 1 N–H and O–H groups in total. The van der Waals surface area contributed by atoms with Gasteiger partial charge in [0.15, 0.2) is 0 Å². The van der Waals surface area contributed by atoms with Crippen molar-refractivity contribution in [3.05, 3.63) is 71.8 Å². The smallest absolute Gasteiger partial charge is 0.326 e. The van der Waals surface area contributed by atoms with E-state index in [-0.39, 0.29) is 17.4 Å². The highest BCUT2D eigenvalue weighted by atomic mass is 16.4. The summed E-state index contributed by atoms with van der Waals surface area (Å²) >= 11 is 0. The van der Waals surface area contributed by atoms with E-state index in [4.69, 9.17) is 0 Å². The minimum absolute atomic E-state index is 0.0542. The van der Waals surface area contributed by atoms with Crippen LogP contribution in [0.3, 0.4) is 0 Å². The number of rotatable bonds is 6. The number of carbonyl (C=O) groups excluding carboxylic acids is 1. The van der Waals surface area contributed by atoms with Crippen molar-refractivity contribution in [3.8, 4) is 11.8 Å². The number of aliphatic carboxylic acids is 1. The van der Waals surface area contributed by atoms with E-state index in [1.54, 1.807) is 4.90 Å². The SMILES string of the molecule is CN(CC#CC(C)(C)C)[C@H]1C[C@@H](C(=O)O)N(C(=O)C(c2ccccc2)c2ccccc2)C1. The van der Waals surface area contributed by atoms with Crippen LogP contribution in [-0.2, 0) is 9.59 Å². The van der Waals surface area contributed by atoms with E-state index in [2.05, 4.69) is 37.5 Å². The fourth-order valence-electron chi connectivity index (χ4n) is 4.10. The number of hydrogen-bond donors (Lipinski definition) is 1. The van der Waals surface area contributed by atoms with Gasteiger partial charge in [0, 0.05) is 18.0 Å². The lowest BCUT2D eigenvalue weighted by Gasteiger charge is -2.28. The van der Waals surface area contributed by atoms with E-state index in [0.717, 1.165) is 11.1 Å². The third kappa shape index (κ3) is 5.77. The predicted molar refractivity (Wildman–Crippen MR) is 126 cm³/mol. The Kier molecular flexibility index (Phi) is 7.37. The van der Waals surface area contributed by atoms with Crippen LogP contribution in [0.1, 0.15) is 44.2 Å². The molecule has 1 saturated heterocycles. The monoisotopic (exact) mass is 432 g/mol. The summed E-state index contributed by atoms with van der Waals surface area (Å²) in [6.07, 6.45) is 0.394. The molecule has 1 fully saturated rings. The van der Waals surface area contributed by atoms with Crippen LogP contribution >= 0.6 is 0 Å². The Morgan fingerprint density at radius 2 is 1.59 bits per heavy atom. The van der Waals surface area contributed by atoms with Gasteiger partial charge in [-0.3, -0.25) is 9.69 Å². The van der Waals surface area contributed by atoms with E-state index in [0.29, 0.717) is 19.5 Å². The molecule has 2 atom stereocenters. The second-order valence-corrected chi connectivity index (χ2v) is 9.46. The molecule has 2 aromatic rings. The van der Waals surface area contributed by atoms with Gasteiger partial charge in [-0.15, -0.1) is 0 Å². The highest BCUT2D eigenvalue weighted by Gasteiger charge is 2.43. The number of likely N-dealkylation sites (tertiary alicyclic amines) is 1. The molecule has 32 heavy (non-hydrogen) atoms. The van der Waals surface area contributed by atoms with Gasteiger partial charge in [0.1, 0.15) is 6.04 Å². The van der Waals surface area contributed by atoms with Crippen LogP contribution in [0.2, 0.25) is 0 Å². The molecule has 1 amide bonds. The molecule has 0 bridgehead atoms. The van der Waals surface area contributed by atoms with Crippen LogP contribution in [0.5, 0.6) is 0 Å². The van der Waals surface area contributed by atoms with E-state index >= 15 is 0 Å². The maximum atomic E-state index is 13.8. The summed E-state index contributed by atoms with van der Waals surface area (Å²) in [4.78, 5) is 29.5. The minimum atomic E-state index is -0.963. The van der Waals surface area contributed by atoms with E-state index in [1.807, 2.05) is 67.7 Å². The van der Waals surface area contributed by atoms with Crippen LogP contribution in [-0.4, -0.2) is 59.0 Å². The van der Waals surface area contributed by atoms with E-state index in [1.165, 1.54) is 0 Å². The van der Waals surface area contributed by atoms with Gasteiger partial charge < -0.3 is 10.0 Å². The van der Waals surface area contributed by atoms with Crippen LogP contribution in [0.15, 0.2) is 60.7 Å². The Morgan fingerprint density at radius 3 is 2.06 bits per heavy atom. The summed E-state index contributed by atoms with van der Waals surface area (Å²) in [7, 11) is 1.95. The topological polar surface area (TPSA) is 60.9 Å². The molecule has 1 heterocycles. The van der Waals surface area contributed by atoms with Gasteiger partial charge in [-0.1, -0.05) is 72.5 Å². The maximum Gasteiger partial charge on any atom is 0.326 e. The fourth-order valence-corrected chi connectivity index (χ4v) is 4.10. The van der Waals surface area contributed by atoms with Crippen LogP contribution < -0.4 is 0 Å². The minimum Gasteiger partial charge on any atom is -0.480 e. The number of benzene rings is 2. The zero-order valence-corrected chi connectivity index (χ0v) is 19.3. The molecule has 5 heteroatoms. The molecule has 1 aliphatic heterocycles. The van der Waals surface area contributed by atoms with Gasteiger partial charge in [-0.2, -0.15) is 0 Å². The van der Waals surface area contributed by atoms with Crippen molar-refractivity contribution in [1.29, 1.82) is 0 Å². The first-order valence-electron chi connectivity index (χ1n) is 11.0. The average molecular weight is 433 g/mol. The van der Waals surface area contributed by atoms with Gasteiger partial charge in [-0.05, 0) is 45.4 Å². The number of nitrogens with zero attached hydrogens (tertiary/aromatic N) is 2. The zero-order chi connectivity index (χ0) is 23.3. The largest absolute Gasteiger partial charge is 0.480 e. The first-order valence-corrected chi connectivity index (χ1v) is 11.0. The van der Waals surface area contributed by atoms with Gasteiger partial charge in [0.25, 0.3) is 0 Å². The second kappa shape index (κ2) is 10.0. The maximum absolute atomic E-state index is 13.8. The number of likely N-dealkylation sites (N-methyl/N-ethyl adjacent to an activating group) is 1. The molecular formula is C27H32N2O3. The number of carbonyl (C=O) groups is 2. The number of carboxylic acid groups (broad SMARTS) is 1. The molecule has 3 rings (SSSR count). The molecule has 0 saturated carbocycles. The third-order valence-corrected chi connectivity index (χ3v) is 5.78. The molecule has 0 aliphatic carbocycles. The average Bonchev–Trinajstić information content (AvgIpc) is 3.21. The van der Waals surface area contributed by atoms with Crippen molar-refractivity contribution in [1.82, 2.24) is 9.80 Å². The van der Waals surface area contributed by atoms with Crippen molar-refractivity contribution in [3.63, 3.8) is 0 Å². The summed E-state index contributed by atoms with van der Waals surface area (Å²) in [6, 6.07) is 18.2. The zero-order valence-electron chi connectivity index (χ0n) is 19.3. The predicted octanol–water partition coefficient (Wildman–Crippen LogP) is 3.85. The third-order valence-electron chi connectivity index (χ3n) is 5.78. The van der Waals surface area contributed by atoms with Crippen molar-refractivity contribution >= 4 is 11.9 Å². The summed E-state index contributed by atoms with van der Waals surface area (Å²) < 4.78 is 0. The van der Waals surface area contributed by atoms with Crippen molar-refractivity contribution in [2.45, 2.75) is 45.2 Å². The van der Waals surface area contributed by atoms with E-state index in [9.17, 15) is 14.7 Å². The molecule has 1 aliphatic rings. The molecule has 5 nitrogen and oxygen atoms in total. The van der Waals surface area contributed by atoms with Crippen LogP contribution in [0, 0.1) is 17.3 Å².